The fourth-order valence-corrected chi connectivity index (χ4v) is 2.31. The second-order valence-electron chi connectivity index (χ2n) is 5.60. The minimum absolute atomic E-state index is 0.654. The lowest BCUT2D eigenvalue weighted by Gasteiger charge is -2.21. The summed E-state index contributed by atoms with van der Waals surface area (Å²) in [6.45, 7) is 8.35. The van der Waals surface area contributed by atoms with Gasteiger partial charge in [0.1, 0.15) is 6.33 Å². The van der Waals surface area contributed by atoms with Gasteiger partial charge in [0.25, 0.3) is 0 Å². The van der Waals surface area contributed by atoms with E-state index in [1.54, 1.807) is 12.5 Å². The number of imidazole rings is 1. The van der Waals surface area contributed by atoms with Crippen molar-refractivity contribution in [3.05, 3.63) is 53.6 Å². The Bertz CT molecular complexity index is 605. The van der Waals surface area contributed by atoms with Crippen LogP contribution < -0.4 is 0 Å². The highest BCUT2D eigenvalue weighted by Gasteiger charge is 2.12. The number of hydrogen-bond acceptors (Lipinski definition) is 3. The number of benzene rings is 1. The van der Waals surface area contributed by atoms with E-state index < -0.39 is 0 Å². The van der Waals surface area contributed by atoms with Crippen LogP contribution in [0.2, 0.25) is 5.02 Å². The van der Waals surface area contributed by atoms with Crippen LogP contribution in [0.3, 0.4) is 0 Å². The molecule has 0 unspecified atom stereocenters. The van der Waals surface area contributed by atoms with Crippen molar-refractivity contribution >= 4 is 17.4 Å². The SMILES string of the molecule is CCN(CCC(C)C)/N=C(\c1ccccc1Cl)n1ccnc1. The first kappa shape index (κ1) is 16.6. The topological polar surface area (TPSA) is 33.4 Å². The Morgan fingerprint density at radius 1 is 1.36 bits per heavy atom. The molecule has 22 heavy (non-hydrogen) atoms. The van der Waals surface area contributed by atoms with Crippen LogP contribution in [-0.2, 0) is 0 Å². The molecule has 0 saturated heterocycles. The summed E-state index contributed by atoms with van der Waals surface area (Å²) >= 11 is 6.36. The molecule has 0 saturated carbocycles. The number of rotatable bonds is 6. The highest BCUT2D eigenvalue weighted by atomic mass is 35.5. The van der Waals surface area contributed by atoms with E-state index in [0.29, 0.717) is 10.9 Å². The zero-order valence-corrected chi connectivity index (χ0v) is 14.2. The third-order valence-corrected chi connectivity index (χ3v) is 3.76. The van der Waals surface area contributed by atoms with Crippen molar-refractivity contribution in [1.29, 1.82) is 0 Å². The summed E-state index contributed by atoms with van der Waals surface area (Å²) in [6, 6.07) is 7.76. The van der Waals surface area contributed by atoms with Gasteiger partial charge >= 0.3 is 0 Å². The molecule has 0 fully saturated rings. The van der Waals surface area contributed by atoms with Gasteiger partial charge in [0.05, 0.1) is 5.02 Å². The number of hydrazone groups is 1. The zero-order valence-electron chi connectivity index (χ0n) is 13.4. The van der Waals surface area contributed by atoms with Crippen molar-refractivity contribution in [3.8, 4) is 0 Å². The highest BCUT2D eigenvalue weighted by molar-refractivity contribution is 6.34. The van der Waals surface area contributed by atoms with Gasteiger partial charge in [-0.2, -0.15) is 5.10 Å². The maximum absolute atomic E-state index is 6.36. The number of halogens is 1. The van der Waals surface area contributed by atoms with Gasteiger partial charge in [-0.25, -0.2) is 4.98 Å². The fourth-order valence-electron chi connectivity index (χ4n) is 2.09. The van der Waals surface area contributed by atoms with Gasteiger partial charge in [-0.15, -0.1) is 0 Å². The van der Waals surface area contributed by atoms with Gasteiger partial charge < -0.3 is 0 Å². The quantitative estimate of drug-likeness (QED) is 0.456. The molecule has 0 bridgehead atoms. The number of nitrogens with zero attached hydrogens (tertiary/aromatic N) is 4. The maximum Gasteiger partial charge on any atom is 0.166 e. The second kappa shape index (κ2) is 7.99. The van der Waals surface area contributed by atoms with E-state index in [2.05, 4.69) is 30.8 Å². The summed E-state index contributed by atoms with van der Waals surface area (Å²) in [7, 11) is 0. The predicted molar refractivity (Wildman–Crippen MR) is 92.3 cm³/mol. The van der Waals surface area contributed by atoms with E-state index in [1.165, 1.54) is 0 Å². The average Bonchev–Trinajstić information content (AvgIpc) is 3.02. The second-order valence-corrected chi connectivity index (χ2v) is 6.01. The smallest absolute Gasteiger partial charge is 0.166 e. The minimum atomic E-state index is 0.654. The normalized spacial score (nSPS) is 12.0. The van der Waals surface area contributed by atoms with Crippen molar-refractivity contribution in [2.75, 3.05) is 13.1 Å². The fraction of sp³-hybridized carbons (Fsp3) is 0.412. The summed E-state index contributed by atoms with van der Waals surface area (Å²) in [5.41, 5.74) is 0.908. The molecule has 0 atom stereocenters. The third kappa shape index (κ3) is 4.34. The lowest BCUT2D eigenvalue weighted by Crippen LogP contribution is -2.24. The van der Waals surface area contributed by atoms with E-state index in [4.69, 9.17) is 16.7 Å². The molecule has 0 N–H and O–H groups in total. The molecule has 0 aliphatic rings. The third-order valence-electron chi connectivity index (χ3n) is 3.43. The Balaban J connectivity index is 2.36. The van der Waals surface area contributed by atoms with Crippen LogP contribution >= 0.6 is 11.6 Å². The van der Waals surface area contributed by atoms with E-state index in [1.807, 2.05) is 35.0 Å². The predicted octanol–water partition coefficient (Wildman–Crippen LogP) is 4.11. The number of aromatic nitrogens is 2. The lowest BCUT2D eigenvalue weighted by atomic mass is 10.1. The largest absolute Gasteiger partial charge is 0.295 e. The molecule has 0 spiro atoms. The van der Waals surface area contributed by atoms with Crippen LogP contribution in [-0.4, -0.2) is 33.5 Å². The van der Waals surface area contributed by atoms with Gasteiger partial charge in [0.2, 0.25) is 0 Å². The molecular formula is C17H23ClN4. The molecule has 2 aromatic rings. The Kier molecular flexibility index (Phi) is 6.01. The summed E-state index contributed by atoms with van der Waals surface area (Å²) < 4.78 is 1.90. The first-order chi connectivity index (χ1) is 10.6. The highest BCUT2D eigenvalue weighted by Crippen LogP contribution is 2.17. The first-order valence-electron chi connectivity index (χ1n) is 7.68. The van der Waals surface area contributed by atoms with Gasteiger partial charge in [-0.1, -0.05) is 37.6 Å². The van der Waals surface area contributed by atoms with Crippen molar-refractivity contribution in [2.45, 2.75) is 27.2 Å². The van der Waals surface area contributed by atoms with E-state index >= 15 is 0 Å². The van der Waals surface area contributed by atoms with Crippen LogP contribution in [0.15, 0.2) is 48.1 Å². The molecule has 0 amide bonds. The first-order valence-corrected chi connectivity index (χ1v) is 8.06. The van der Waals surface area contributed by atoms with Crippen molar-refractivity contribution in [3.63, 3.8) is 0 Å². The van der Waals surface area contributed by atoms with Crippen molar-refractivity contribution in [1.82, 2.24) is 14.6 Å². The van der Waals surface area contributed by atoms with Crippen LogP contribution in [0.4, 0.5) is 0 Å². The molecular weight excluding hydrogens is 296 g/mol. The molecule has 0 aliphatic heterocycles. The van der Waals surface area contributed by atoms with Gasteiger partial charge in [0, 0.05) is 31.0 Å². The molecule has 4 nitrogen and oxygen atoms in total. The van der Waals surface area contributed by atoms with Crippen LogP contribution in [0.5, 0.6) is 0 Å². The number of hydrogen-bond donors (Lipinski definition) is 0. The van der Waals surface area contributed by atoms with E-state index in [-0.39, 0.29) is 0 Å². The summed E-state index contributed by atoms with van der Waals surface area (Å²) in [5.74, 6) is 1.45. The summed E-state index contributed by atoms with van der Waals surface area (Å²) in [5, 5.41) is 7.60. The Morgan fingerprint density at radius 3 is 2.73 bits per heavy atom. The van der Waals surface area contributed by atoms with Gasteiger partial charge in [-0.3, -0.25) is 9.58 Å². The molecule has 1 aromatic heterocycles. The zero-order chi connectivity index (χ0) is 15.9. The minimum Gasteiger partial charge on any atom is -0.295 e. The van der Waals surface area contributed by atoms with Crippen molar-refractivity contribution in [2.24, 2.45) is 11.0 Å². The van der Waals surface area contributed by atoms with E-state index in [0.717, 1.165) is 30.9 Å². The van der Waals surface area contributed by atoms with Gasteiger partial charge in [0.15, 0.2) is 5.84 Å². The molecule has 0 radical (unpaired) electrons. The molecule has 0 aliphatic carbocycles. The maximum atomic E-state index is 6.36. The molecule has 2 rings (SSSR count). The standard InChI is InChI=1S/C17H23ClN4/c1-4-22(11-9-14(2)3)20-17(21-12-10-19-13-21)15-7-5-6-8-16(15)18/h5-8,10,12-14H,4,9,11H2,1-3H3/b20-17+. The van der Waals surface area contributed by atoms with Crippen LogP contribution in [0.25, 0.3) is 0 Å². The Hall–Kier alpha value is -1.81. The summed E-state index contributed by atoms with van der Waals surface area (Å²) in [4.78, 5) is 4.13. The van der Waals surface area contributed by atoms with Gasteiger partial charge in [-0.05, 0) is 31.4 Å². The lowest BCUT2D eigenvalue weighted by molar-refractivity contribution is 0.282. The monoisotopic (exact) mass is 318 g/mol. The molecule has 118 valence electrons. The van der Waals surface area contributed by atoms with Crippen molar-refractivity contribution < 1.29 is 0 Å². The molecule has 1 aromatic carbocycles. The Labute approximate surface area is 137 Å². The Morgan fingerprint density at radius 2 is 2.14 bits per heavy atom. The molecule has 1 heterocycles. The van der Waals surface area contributed by atoms with E-state index in [9.17, 15) is 0 Å². The summed E-state index contributed by atoms with van der Waals surface area (Å²) in [6.07, 6.45) is 6.49. The van der Waals surface area contributed by atoms with Crippen LogP contribution in [0, 0.1) is 5.92 Å². The average molecular weight is 319 g/mol. The molecule has 5 heteroatoms. The van der Waals surface area contributed by atoms with Crippen LogP contribution in [0.1, 0.15) is 32.8 Å².